The molecule has 0 unspecified atom stereocenters. The smallest absolute Gasteiger partial charge is 0.211 e. The Bertz CT molecular complexity index is 1520. The van der Waals surface area contributed by atoms with Crippen LogP contribution in [0.4, 0.5) is 0 Å². The van der Waals surface area contributed by atoms with E-state index < -0.39 is 0 Å². The molecule has 0 atom stereocenters. The summed E-state index contributed by atoms with van der Waals surface area (Å²) in [6.07, 6.45) is 0. The summed E-state index contributed by atoms with van der Waals surface area (Å²) >= 11 is 39.2. The van der Waals surface area contributed by atoms with Gasteiger partial charge in [-0.2, -0.15) is 5.10 Å². The second-order valence-corrected chi connectivity index (χ2v) is 10.5. The van der Waals surface area contributed by atoms with Crippen molar-refractivity contribution in [1.29, 1.82) is 0 Å². The third-order valence-corrected chi connectivity index (χ3v) is 7.93. The van der Waals surface area contributed by atoms with Crippen LogP contribution in [0.2, 0.25) is 30.1 Å². The van der Waals surface area contributed by atoms with Crippen LogP contribution in [0.5, 0.6) is 0 Å². The molecular formula is C24H11Cl6N3S. The van der Waals surface area contributed by atoms with Gasteiger partial charge in [0.05, 0.1) is 36.5 Å². The van der Waals surface area contributed by atoms with Gasteiger partial charge >= 0.3 is 0 Å². The SMILES string of the molecule is Clc1ccc(-c2csc(-n3nc(-c4ccc(Cl)c(Cl)c4)c(Cl)c3-c3ccc(Cl)c(Cl)c3)n2)cc1. The molecule has 3 aromatic carbocycles. The first-order chi connectivity index (χ1) is 16.3. The van der Waals surface area contributed by atoms with Crippen LogP contribution in [0.1, 0.15) is 0 Å². The molecule has 34 heavy (non-hydrogen) atoms. The van der Waals surface area contributed by atoms with E-state index in [2.05, 4.69) is 0 Å². The summed E-state index contributed by atoms with van der Waals surface area (Å²) in [5, 5.41) is 10.1. The predicted octanol–water partition coefficient (Wildman–Crippen LogP) is 10.3. The highest BCUT2D eigenvalue weighted by molar-refractivity contribution is 7.12. The molecule has 3 nitrogen and oxygen atoms in total. The average Bonchev–Trinajstić information content (AvgIpc) is 3.43. The van der Waals surface area contributed by atoms with Crippen LogP contribution >= 0.6 is 80.9 Å². The van der Waals surface area contributed by atoms with E-state index in [0.29, 0.717) is 52.2 Å². The van der Waals surface area contributed by atoms with E-state index in [1.165, 1.54) is 11.3 Å². The Morgan fingerprint density at radius 3 is 1.88 bits per heavy atom. The van der Waals surface area contributed by atoms with Crippen molar-refractivity contribution in [3.63, 3.8) is 0 Å². The van der Waals surface area contributed by atoms with Crippen molar-refractivity contribution in [2.45, 2.75) is 0 Å². The lowest BCUT2D eigenvalue weighted by atomic mass is 10.1. The largest absolute Gasteiger partial charge is 0.218 e. The Balaban J connectivity index is 1.70. The Hall–Kier alpha value is -1.76. The standard InChI is InChI=1S/C24H11Cl6N3S/c25-15-5-1-12(2-6-15)20-11-34-24(31-20)33-23(14-4-8-17(27)19(29)10-14)21(30)22(32-33)13-3-7-16(26)18(28)9-13/h1-11H. The molecule has 0 radical (unpaired) electrons. The molecule has 0 amide bonds. The van der Waals surface area contributed by atoms with Crippen molar-refractivity contribution in [2.75, 3.05) is 0 Å². The van der Waals surface area contributed by atoms with Gasteiger partial charge in [0.25, 0.3) is 0 Å². The van der Waals surface area contributed by atoms with Crippen molar-refractivity contribution in [2.24, 2.45) is 0 Å². The lowest BCUT2D eigenvalue weighted by molar-refractivity contribution is 0.881. The molecule has 0 saturated carbocycles. The summed E-state index contributed by atoms with van der Waals surface area (Å²) in [7, 11) is 0. The Kier molecular flexibility index (Phi) is 6.84. The fourth-order valence-electron chi connectivity index (χ4n) is 3.37. The number of rotatable bonds is 4. The number of nitrogens with zero attached hydrogens (tertiary/aromatic N) is 3. The molecule has 0 aliphatic heterocycles. The molecule has 0 fully saturated rings. The molecule has 2 heterocycles. The average molecular weight is 586 g/mol. The lowest BCUT2D eigenvalue weighted by Gasteiger charge is -2.06. The fraction of sp³-hybridized carbons (Fsp3) is 0. The molecule has 5 rings (SSSR count). The molecule has 0 N–H and O–H groups in total. The molecule has 10 heteroatoms. The molecule has 0 spiro atoms. The first-order valence-electron chi connectivity index (χ1n) is 9.73. The monoisotopic (exact) mass is 583 g/mol. The maximum absolute atomic E-state index is 6.90. The Morgan fingerprint density at radius 1 is 0.647 bits per heavy atom. The number of hydrogen-bond donors (Lipinski definition) is 0. The fourth-order valence-corrected chi connectivity index (χ4v) is 5.22. The highest BCUT2D eigenvalue weighted by Gasteiger charge is 2.23. The van der Waals surface area contributed by atoms with Crippen LogP contribution in [0.3, 0.4) is 0 Å². The minimum absolute atomic E-state index is 0.403. The second kappa shape index (κ2) is 9.71. The second-order valence-electron chi connectivity index (χ2n) is 7.20. The minimum Gasteiger partial charge on any atom is -0.218 e. The van der Waals surface area contributed by atoms with E-state index in [4.69, 9.17) is 79.7 Å². The van der Waals surface area contributed by atoms with Crippen LogP contribution in [-0.2, 0) is 0 Å². The number of halogens is 6. The van der Waals surface area contributed by atoms with Crippen LogP contribution in [0, 0.1) is 0 Å². The Labute approximate surface area is 229 Å². The van der Waals surface area contributed by atoms with Crippen LogP contribution < -0.4 is 0 Å². The molecule has 0 aliphatic carbocycles. The van der Waals surface area contributed by atoms with Crippen molar-refractivity contribution >= 4 is 80.9 Å². The van der Waals surface area contributed by atoms with Gasteiger partial charge in [0.2, 0.25) is 5.13 Å². The summed E-state index contributed by atoms with van der Waals surface area (Å²) < 4.78 is 1.70. The van der Waals surface area contributed by atoms with E-state index >= 15 is 0 Å². The van der Waals surface area contributed by atoms with Gasteiger partial charge < -0.3 is 0 Å². The molecule has 5 aromatic rings. The highest BCUT2D eigenvalue weighted by atomic mass is 35.5. The summed E-state index contributed by atoms with van der Waals surface area (Å²) in [5.74, 6) is 0. The Morgan fingerprint density at radius 2 is 1.24 bits per heavy atom. The molecule has 0 saturated heterocycles. The summed E-state index contributed by atoms with van der Waals surface area (Å²) in [5.41, 5.74) is 4.34. The topological polar surface area (TPSA) is 30.7 Å². The van der Waals surface area contributed by atoms with E-state index in [1.807, 2.05) is 41.8 Å². The number of benzene rings is 3. The molecule has 0 bridgehead atoms. The van der Waals surface area contributed by atoms with Crippen LogP contribution in [0.15, 0.2) is 66.0 Å². The van der Waals surface area contributed by atoms with E-state index in [1.54, 1.807) is 28.9 Å². The first kappa shape index (κ1) is 24.0. The van der Waals surface area contributed by atoms with Gasteiger partial charge in [-0.25, -0.2) is 9.67 Å². The minimum atomic E-state index is 0.403. The number of aromatic nitrogens is 3. The summed E-state index contributed by atoms with van der Waals surface area (Å²) in [6, 6.07) is 18.0. The first-order valence-corrected chi connectivity index (χ1v) is 12.9. The van der Waals surface area contributed by atoms with E-state index in [-0.39, 0.29) is 0 Å². The van der Waals surface area contributed by atoms with Crippen molar-refractivity contribution in [1.82, 2.24) is 14.8 Å². The summed E-state index contributed by atoms with van der Waals surface area (Å²) in [4.78, 5) is 4.80. The van der Waals surface area contributed by atoms with Crippen molar-refractivity contribution < 1.29 is 0 Å². The summed E-state index contributed by atoms with van der Waals surface area (Å²) in [6.45, 7) is 0. The third-order valence-electron chi connectivity index (χ3n) is 5.03. The van der Waals surface area contributed by atoms with Crippen molar-refractivity contribution in [3.05, 3.63) is 96.2 Å². The zero-order valence-corrected chi connectivity index (χ0v) is 22.2. The van der Waals surface area contributed by atoms with Gasteiger partial charge in [-0.3, -0.25) is 0 Å². The maximum atomic E-state index is 6.90. The zero-order valence-electron chi connectivity index (χ0n) is 16.9. The van der Waals surface area contributed by atoms with Gasteiger partial charge in [-0.05, 0) is 36.4 Å². The number of thiazole rings is 1. The van der Waals surface area contributed by atoms with Gasteiger partial charge in [-0.15, -0.1) is 11.3 Å². The molecule has 170 valence electrons. The van der Waals surface area contributed by atoms with Crippen molar-refractivity contribution in [3.8, 4) is 38.9 Å². The quantitative estimate of drug-likeness (QED) is 0.210. The third kappa shape index (κ3) is 4.57. The molecule has 2 aromatic heterocycles. The predicted molar refractivity (Wildman–Crippen MR) is 146 cm³/mol. The van der Waals surface area contributed by atoms with Gasteiger partial charge in [0.1, 0.15) is 5.69 Å². The van der Waals surface area contributed by atoms with Crippen LogP contribution in [-0.4, -0.2) is 14.8 Å². The van der Waals surface area contributed by atoms with Gasteiger partial charge in [0, 0.05) is 27.1 Å². The lowest BCUT2D eigenvalue weighted by Crippen LogP contribution is -1.99. The highest BCUT2D eigenvalue weighted by Crippen LogP contribution is 2.41. The van der Waals surface area contributed by atoms with E-state index in [9.17, 15) is 0 Å². The van der Waals surface area contributed by atoms with Crippen LogP contribution in [0.25, 0.3) is 38.9 Å². The molecular weight excluding hydrogens is 575 g/mol. The maximum Gasteiger partial charge on any atom is 0.211 e. The van der Waals surface area contributed by atoms with E-state index in [0.717, 1.165) is 16.8 Å². The molecule has 0 aliphatic rings. The zero-order chi connectivity index (χ0) is 24.0. The van der Waals surface area contributed by atoms with Gasteiger partial charge in [-0.1, -0.05) is 93.9 Å². The van der Waals surface area contributed by atoms with Gasteiger partial charge in [0.15, 0.2) is 0 Å². The normalized spacial score (nSPS) is 11.2. The number of hydrogen-bond acceptors (Lipinski definition) is 3.